The predicted molar refractivity (Wildman–Crippen MR) is 55.0 cm³/mol. The molecule has 2 fully saturated rings. The van der Waals surface area contributed by atoms with Gasteiger partial charge in [0.05, 0.1) is 11.4 Å². The first kappa shape index (κ1) is 11.3. The molecular weight excluding hydrogens is 218 g/mol. The SMILES string of the molecule is O=S(=O)(C1CCOCC1)N1CC[C@@H](O)C1. The Morgan fingerprint density at radius 2 is 1.87 bits per heavy atom. The third kappa shape index (κ3) is 2.33. The van der Waals surface area contributed by atoms with Crippen LogP contribution in [0.5, 0.6) is 0 Å². The summed E-state index contributed by atoms with van der Waals surface area (Å²) in [7, 11) is -3.20. The highest BCUT2D eigenvalue weighted by Gasteiger charge is 2.36. The molecule has 0 unspecified atom stereocenters. The van der Waals surface area contributed by atoms with Crippen molar-refractivity contribution >= 4 is 10.0 Å². The van der Waals surface area contributed by atoms with Gasteiger partial charge in [0.25, 0.3) is 0 Å². The maximum atomic E-state index is 12.1. The molecule has 0 aromatic rings. The highest BCUT2D eigenvalue weighted by Crippen LogP contribution is 2.23. The van der Waals surface area contributed by atoms with Crippen molar-refractivity contribution in [3.63, 3.8) is 0 Å². The second-order valence-electron chi connectivity index (χ2n) is 4.16. The zero-order valence-electron chi connectivity index (χ0n) is 8.63. The topological polar surface area (TPSA) is 66.8 Å². The maximum Gasteiger partial charge on any atom is 0.217 e. The van der Waals surface area contributed by atoms with Gasteiger partial charge in [-0.1, -0.05) is 0 Å². The molecule has 0 spiro atoms. The second-order valence-corrected chi connectivity index (χ2v) is 6.37. The second kappa shape index (κ2) is 4.37. The number of hydrogen-bond acceptors (Lipinski definition) is 4. The van der Waals surface area contributed by atoms with Crippen molar-refractivity contribution in [2.75, 3.05) is 26.3 Å². The first-order valence-electron chi connectivity index (χ1n) is 5.35. The first-order chi connectivity index (χ1) is 7.10. The summed E-state index contributed by atoms with van der Waals surface area (Å²) >= 11 is 0. The molecule has 0 radical (unpaired) electrons. The minimum Gasteiger partial charge on any atom is -0.392 e. The monoisotopic (exact) mass is 235 g/mol. The number of sulfonamides is 1. The Labute approximate surface area is 90.1 Å². The lowest BCUT2D eigenvalue weighted by molar-refractivity contribution is 0.0972. The molecule has 1 atom stereocenters. The van der Waals surface area contributed by atoms with Crippen LogP contribution in [0.25, 0.3) is 0 Å². The van der Waals surface area contributed by atoms with Gasteiger partial charge in [-0.05, 0) is 19.3 Å². The summed E-state index contributed by atoms with van der Waals surface area (Å²) < 4.78 is 30.8. The van der Waals surface area contributed by atoms with Gasteiger partial charge in [-0.3, -0.25) is 0 Å². The van der Waals surface area contributed by atoms with Crippen molar-refractivity contribution in [2.45, 2.75) is 30.6 Å². The zero-order chi connectivity index (χ0) is 10.9. The van der Waals surface area contributed by atoms with Crippen LogP contribution in [-0.2, 0) is 14.8 Å². The van der Waals surface area contributed by atoms with Crippen LogP contribution >= 0.6 is 0 Å². The molecule has 2 aliphatic heterocycles. The highest BCUT2D eigenvalue weighted by atomic mass is 32.2. The lowest BCUT2D eigenvalue weighted by atomic mass is 10.2. The van der Waals surface area contributed by atoms with Crippen LogP contribution < -0.4 is 0 Å². The van der Waals surface area contributed by atoms with Crippen LogP contribution in [0.4, 0.5) is 0 Å². The van der Waals surface area contributed by atoms with Gasteiger partial charge in [-0.25, -0.2) is 8.42 Å². The maximum absolute atomic E-state index is 12.1. The molecule has 0 aromatic carbocycles. The largest absolute Gasteiger partial charge is 0.392 e. The van der Waals surface area contributed by atoms with Crippen molar-refractivity contribution < 1.29 is 18.3 Å². The van der Waals surface area contributed by atoms with Crippen LogP contribution in [0, 0.1) is 0 Å². The quantitative estimate of drug-likeness (QED) is 0.705. The number of aliphatic hydroxyl groups excluding tert-OH is 1. The summed E-state index contributed by atoms with van der Waals surface area (Å²) in [5.41, 5.74) is 0. The molecule has 0 aliphatic carbocycles. The summed E-state index contributed by atoms with van der Waals surface area (Å²) in [4.78, 5) is 0. The van der Waals surface area contributed by atoms with Crippen molar-refractivity contribution in [1.29, 1.82) is 0 Å². The van der Waals surface area contributed by atoms with Gasteiger partial charge in [-0.15, -0.1) is 0 Å². The van der Waals surface area contributed by atoms with E-state index in [1.807, 2.05) is 0 Å². The molecule has 2 saturated heterocycles. The average Bonchev–Trinajstić information content (AvgIpc) is 2.67. The minimum atomic E-state index is -3.20. The molecule has 0 bridgehead atoms. The molecule has 6 heteroatoms. The zero-order valence-corrected chi connectivity index (χ0v) is 9.45. The molecule has 1 N–H and O–H groups in total. The Morgan fingerprint density at radius 3 is 2.40 bits per heavy atom. The molecule has 2 aliphatic rings. The Kier molecular flexibility index (Phi) is 3.30. The van der Waals surface area contributed by atoms with E-state index in [1.54, 1.807) is 0 Å². The Morgan fingerprint density at radius 1 is 1.20 bits per heavy atom. The van der Waals surface area contributed by atoms with E-state index in [1.165, 1.54) is 4.31 Å². The number of ether oxygens (including phenoxy) is 1. The molecule has 15 heavy (non-hydrogen) atoms. The van der Waals surface area contributed by atoms with E-state index in [2.05, 4.69) is 0 Å². The lowest BCUT2D eigenvalue weighted by Crippen LogP contribution is -2.40. The molecule has 0 amide bonds. The van der Waals surface area contributed by atoms with Crippen molar-refractivity contribution in [3.05, 3.63) is 0 Å². The standard InChI is InChI=1S/C9H17NO4S/c11-8-1-4-10(7-8)15(12,13)9-2-5-14-6-3-9/h8-9,11H,1-7H2/t8-/m1/s1. The van der Waals surface area contributed by atoms with E-state index < -0.39 is 16.1 Å². The number of aliphatic hydroxyl groups is 1. The van der Waals surface area contributed by atoms with Gasteiger partial charge in [0.1, 0.15) is 0 Å². The Balaban J connectivity index is 2.05. The van der Waals surface area contributed by atoms with E-state index in [-0.39, 0.29) is 11.8 Å². The van der Waals surface area contributed by atoms with E-state index in [4.69, 9.17) is 4.74 Å². The van der Waals surface area contributed by atoms with Crippen LogP contribution in [0.1, 0.15) is 19.3 Å². The smallest absolute Gasteiger partial charge is 0.217 e. The van der Waals surface area contributed by atoms with E-state index >= 15 is 0 Å². The van der Waals surface area contributed by atoms with Crippen LogP contribution in [0.2, 0.25) is 0 Å². The van der Waals surface area contributed by atoms with Crippen molar-refractivity contribution in [3.8, 4) is 0 Å². The minimum absolute atomic E-state index is 0.264. The molecule has 2 heterocycles. The van der Waals surface area contributed by atoms with Crippen LogP contribution in [0.15, 0.2) is 0 Å². The third-order valence-electron chi connectivity index (χ3n) is 3.08. The Bertz CT molecular complexity index is 299. The average molecular weight is 235 g/mol. The van der Waals surface area contributed by atoms with Crippen LogP contribution in [0.3, 0.4) is 0 Å². The fourth-order valence-electron chi connectivity index (χ4n) is 2.13. The summed E-state index contributed by atoms with van der Waals surface area (Å²) in [5, 5.41) is 9.02. The summed E-state index contributed by atoms with van der Waals surface area (Å²) in [6.45, 7) is 1.78. The van der Waals surface area contributed by atoms with Crippen LogP contribution in [-0.4, -0.2) is 55.5 Å². The fraction of sp³-hybridized carbons (Fsp3) is 1.00. The van der Waals surface area contributed by atoms with E-state index in [0.29, 0.717) is 39.0 Å². The van der Waals surface area contributed by atoms with Gasteiger partial charge in [0.15, 0.2) is 0 Å². The van der Waals surface area contributed by atoms with Crippen molar-refractivity contribution in [2.24, 2.45) is 0 Å². The molecule has 0 aromatic heterocycles. The van der Waals surface area contributed by atoms with Gasteiger partial charge < -0.3 is 9.84 Å². The van der Waals surface area contributed by atoms with Gasteiger partial charge in [-0.2, -0.15) is 4.31 Å². The van der Waals surface area contributed by atoms with Gasteiger partial charge in [0.2, 0.25) is 10.0 Å². The summed E-state index contributed by atoms with van der Waals surface area (Å²) in [6, 6.07) is 0. The molecule has 5 nitrogen and oxygen atoms in total. The molecule has 88 valence electrons. The number of rotatable bonds is 2. The fourth-order valence-corrected chi connectivity index (χ4v) is 4.08. The molecule has 0 saturated carbocycles. The normalized spacial score (nSPS) is 30.9. The molecule has 2 rings (SSSR count). The van der Waals surface area contributed by atoms with E-state index in [9.17, 15) is 13.5 Å². The van der Waals surface area contributed by atoms with Crippen molar-refractivity contribution in [1.82, 2.24) is 4.31 Å². The Hall–Kier alpha value is -0.170. The summed E-state index contributed by atoms with van der Waals surface area (Å²) in [6.07, 6.45) is 1.23. The number of β-amino-alcohol motifs (C(OH)–C–C–N with tert-alkyl or cyclic N) is 1. The highest BCUT2D eigenvalue weighted by molar-refractivity contribution is 7.89. The lowest BCUT2D eigenvalue weighted by Gasteiger charge is -2.26. The third-order valence-corrected chi connectivity index (χ3v) is 5.44. The first-order valence-corrected chi connectivity index (χ1v) is 6.86. The molecular formula is C9H17NO4S. The summed E-state index contributed by atoms with van der Waals surface area (Å²) in [5.74, 6) is 0. The van der Waals surface area contributed by atoms with E-state index in [0.717, 1.165) is 0 Å². The predicted octanol–water partition coefficient (Wildman–Crippen LogP) is -0.438. The van der Waals surface area contributed by atoms with Gasteiger partial charge in [0, 0.05) is 26.3 Å². The van der Waals surface area contributed by atoms with Gasteiger partial charge >= 0.3 is 0 Å². The number of hydrogen-bond donors (Lipinski definition) is 1. The number of nitrogens with zero attached hydrogens (tertiary/aromatic N) is 1.